The number of hydrogen-bond acceptors (Lipinski definition) is 3. The summed E-state index contributed by atoms with van der Waals surface area (Å²) in [4.78, 5) is 13.0. The van der Waals surface area contributed by atoms with E-state index in [-0.39, 0.29) is 0 Å². The van der Waals surface area contributed by atoms with Crippen LogP contribution in [0, 0.1) is 5.92 Å². The Hall–Kier alpha value is -1.13. The second-order valence-electron chi connectivity index (χ2n) is 7.48. The quantitative estimate of drug-likeness (QED) is 0.814. The van der Waals surface area contributed by atoms with Gasteiger partial charge in [-0.25, -0.2) is 0 Å². The summed E-state index contributed by atoms with van der Waals surface area (Å²) in [6.07, 6.45) is 4.95. The molecule has 3 saturated heterocycles. The highest BCUT2D eigenvalue weighted by Gasteiger charge is 2.41. The highest BCUT2D eigenvalue weighted by Crippen LogP contribution is 2.39. The summed E-state index contributed by atoms with van der Waals surface area (Å²) >= 11 is 0. The van der Waals surface area contributed by atoms with Crippen LogP contribution < -0.4 is 16.2 Å². The summed E-state index contributed by atoms with van der Waals surface area (Å²) in [6.45, 7) is 3.02. The van der Waals surface area contributed by atoms with Crippen LogP contribution in [0.1, 0.15) is 48.8 Å². The Kier molecular flexibility index (Phi) is 2.62. The van der Waals surface area contributed by atoms with E-state index in [1.54, 1.807) is 0 Å². The highest BCUT2D eigenvalue weighted by atomic mass is 16.1. The summed E-state index contributed by atoms with van der Waals surface area (Å²) in [5, 5.41) is 7.18. The molecule has 0 amide bonds. The van der Waals surface area contributed by atoms with Crippen molar-refractivity contribution in [3.63, 3.8) is 0 Å². The molecular weight excluding hydrogens is 262 g/mol. The number of nitrogens with one attached hydrogen (secondary N) is 2. The maximum absolute atomic E-state index is 13.0. The number of hydrogen-bond donors (Lipinski definition) is 2. The maximum atomic E-state index is 13.0. The van der Waals surface area contributed by atoms with Gasteiger partial charge < -0.3 is 15.2 Å². The van der Waals surface area contributed by atoms with Gasteiger partial charge in [-0.3, -0.25) is 4.79 Å². The average molecular weight is 285 g/mol. The zero-order chi connectivity index (χ0) is 14.0. The van der Waals surface area contributed by atoms with Gasteiger partial charge in [-0.15, -0.1) is 0 Å². The standard InChI is InChI=1S/C17H23N3O/c21-17-13(14-6-12-1-3-15(14)19-12)2-4-16-11-5-10(7-18-8-11)9-20(16)17/h2,4,10-12,14-15,18-19H,1,3,5-9H2. The van der Waals surface area contributed by atoms with Gasteiger partial charge in [0.05, 0.1) is 0 Å². The summed E-state index contributed by atoms with van der Waals surface area (Å²) in [7, 11) is 0. The lowest BCUT2D eigenvalue weighted by Gasteiger charge is -2.38. The van der Waals surface area contributed by atoms with E-state index >= 15 is 0 Å². The summed E-state index contributed by atoms with van der Waals surface area (Å²) in [6, 6.07) is 5.60. The zero-order valence-electron chi connectivity index (χ0n) is 12.3. The van der Waals surface area contributed by atoms with Crippen molar-refractivity contribution in [1.82, 2.24) is 15.2 Å². The van der Waals surface area contributed by atoms with E-state index in [4.69, 9.17) is 0 Å². The first-order valence-corrected chi connectivity index (χ1v) is 8.50. The minimum absolute atomic E-state index is 0.309. The van der Waals surface area contributed by atoms with Gasteiger partial charge in [0.25, 0.3) is 5.56 Å². The second kappa shape index (κ2) is 4.43. The Morgan fingerprint density at radius 1 is 1.14 bits per heavy atom. The molecular formula is C17H23N3O. The molecule has 4 aliphatic heterocycles. The van der Waals surface area contributed by atoms with Crippen LogP contribution in [0.25, 0.3) is 0 Å². The molecule has 0 aromatic carbocycles. The molecule has 3 fully saturated rings. The molecule has 1 aromatic rings. The minimum Gasteiger partial charge on any atom is -0.316 e. The van der Waals surface area contributed by atoms with Gasteiger partial charge in [0.1, 0.15) is 0 Å². The van der Waals surface area contributed by atoms with Crippen molar-refractivity contribution < 1.29 is 0 Å². The molecule has 4 nitrogen and oxygen atoms in total. The number of piperidine rings is 1. The van der Waals surface area contributed by atoms with Crippen LogP contribution in [0.3, 0.4) is 0 Å². The van der Waals surface area contributed by atoms with Crippen molar-refractivity contribution in [1.29, 1.82) is 0 Å². The second-order valence-corrected chi connectivity index (χ2v) is 7.48. The van der Waals surface area contributed by atoms with E-state index in [0.717, 1.165) is 31.6 Å². The van der Waals surface area contributed by atoms with Crippen molar-refractivity contribution in [3.8, 4) is 0 Å². The zero-order valence-corrected chi connectivity index (χ0v) is 12.3. The van der Waals surface area contributed by atoms with Crippen LogP contribution in [0.2, 0.25) is 0 Å². The fraction of sp³-hybridized carbons (Fsp3) is 0.706. The molecule has 5 rings (SSSR count). The molecule has 0 spiro atoms. The SMILES string of the molecule is O=c1c(C2CC3CCC2N3)ccc2n1CC1CNCC2C1. The van der Waals surface area contributed by atoms with E-state index in [1.807, 2.05) is 0 Å². The monoisotopic (exact) mass is 285 g/mol. The van der Waals surface area contributed by atoms with E-state index in [0.29, 0.717) is 35.4 Å². The van der Waals surface area contributed by atoms with Crippen LogP contribution in [0.15, 0.2) is 16.9 Å². The molecule has 2 N–H and O–H groups in total. The summed E-state index contributed by atoms with van der Waals surface area (Å²) < 4.78 is 2.11. The molecule has 4 bridgehead atoms. The molecule has 0 radical (unpaired) electrons. The Morgan fingerprint density at radius 2 is 2.10 bits per heavy atom. The lowest BCUT2D eigenvalue weighted by atomic mass is 9.81. The third kappa shape index (κ3) is 1.78. The number of pyridine rings is 1. The van der Waals surface area contributed by atoms with Crippen LogP contribution in [0.5, 0.6) is 0 Å². The summed E-state index contributed by atoms with van der Waals surface area (Å²) in [5.74, 6) is 1.63. The minimum atomic E-state index is 0.309. The van der Waals surface area contributed by atoms with E-state index < -0.39 is 0 Å². The number of rotatable bonds is 1. The highest BCUT2D eigenvalue weighted by molar-refractivity contribution is 5.28. The fourth-order valence-electron chi connectivity index (χ4n) is 5.26. The van der Waals surface area contributed by atoms with Gasteiger partial charge >= 0.3 is 0 Å². The van der Waals surface area contributed by atoms with Gasteiger partial charge in [-0.2, -0.15) is 0 Å². The molecule has 4 heteroatoms. The Morgan fingerprint density at radius 3 is 2.90 bits per heavy atom. The van der Waals surface area contributed by atoms with E-state index in [1.165, 1.54) is 25.0 Å². The average Bonchev–Trinajstić information content (AvgIpc) is 3.12. The molecule has 5 heterocycles. The molecule has 4 aliphatic rings. The largest absolute Gasteiger partial charge is 0.316 e. The molecule has 112 valence electrons. The topological polar surface area (TPSA) is 46.1 Å². The first-order valence-electron chi connectivity index (χ1n) is 8.50. The van der Waals surface area contributed by atoms with Gasteiger partial charge in [0.2, 0.25) is 0 Å². The third-order valence-electron chi connectivity index (χ3n) is 6.24. The molecule has 0 saturated carbocycles. The lowest BCUT2D eigenvalue weighted by molar-refractivity contribution is 0.256. The number of aromatic nitrogens is 1. The van der Waals surface area contributed by atoms with Crippen LogP contribution in [-0.2, 0) is 6.54 Å². The van der Waals surface area contributed by atoms with Crippen molar-refractivity contribution in [2.24, 2.45) is 5.92 Å². The molecule has 0 aliphatic carbocycles. The van der Waals surface area contributed by atoms with Gasteiger partial charge in [-0.1, -0.05) is 6.07 Å². The Labute approximate surface area is 124 Å². The predicted molar refractivity (Wildman–Crippen MR) is 81.7 cm³/mol. The fourth-order valence-corrected chi connectivity index (χ4v) is 5.26. The summed E-state index contributed by atoms with van der Waals surface area (Å²) in [5.41, 5.74) is 2.65. The maximum Gasteiger partial charge on any atom is 0.254 e. The third-order valence-corrected chi connectivity index (χ3v) is 6.24. The Bertz CT molecular complexity index is 637. The van der Waals surface area contributed by atoms with Crippen molar-refractivity contribution >= 4 is 0 Å². The molecule has 5 atom stereocenters. The van der Waals surface area contributed by atoms with Crippen LogP contribution in [0.4, 0.5) is 0 Å². The molecule has 1 aromatic heterocycles. The van der Waals surface area contributed by atoms with Crippen molar-refractivity contribution in [2.45, 2.75) is 56.1 Å². The first-order chi connectivity index (χ1) is 10.3. The van der Waals surface area contributed by atoms with Gasteiger partial charge in [0, 0.05) is 48.3 Å². The van der Waals surface area contributed by atoms with Crippen LogP contribution >= 0.6 is 0 Å². The number of nitrogens with zero attached hydrogens (tertiary/aromatic N) is 1. The smallest absolute Gasteiger partial charge is 0.254 e. The lowest BCUT2D eigenvalue weighted by Crippen LogP contribution is -2.45. The van der Waals surface area contributed by atoms with Crippen LogP contribution in [-0.4, -0.2) is 29.7 Å². The molecule has 5 unspecified atom stereocenters. The normalized spacial score (nSPS) is 40.3. The van der Waals surface area contributed by atoms with E-state index in [9.17, 15) is 4.79 Å². The van der Waals surface area contributed by atoms with Gasteiger partial charge in [-0.05, 0) is 44.2 Å². The van der Waals surface area contributed by atoms with Crippen molar-refractivity contribution in [2.75, 3.05) is 13.1 Å². The number of fused-ring (bicyclic) bond motifs is 6. The first kappa shape index (κ1) is 12.4. The Balaban J connectivity index is 1.57. The molecule has 21 heavy (non-hydrogen) atoms. The van der Waals surface area contributed by atoms with Crippen molar-refractivity contribution in [3.05, 3.63) is 33.7 Å². The van der Waals surface area contributed by atoms with E-state index in [2.05, 4.69) is 27.3 Å². The predicted octanol–water partition coefficient (Wildman–Crippen LogP) is 1.16. The van der Waals surface area contributed by atoms with Gasteiger partial charge in [0.15, 0.2) is 0 Å².